The number of nitrogens with zero attached hydrogens (tertiary/aromatic N) is 1. The van der Waals surface area contributed by atoms with Crippen molar-refractivity contribution in [3.8, 4) is 0 Å². The number of amides is 1. The molecule has 0 spiro atoms. The zero-order valence-electron chi connectivity index (χ0n) is 9.74. The molecule has 2 rings (SSSR count). The van der Waals surface area contributed by atoms with Crippen LogP contribution in [0.3, 0.4) is 0 Å². The van der Waals surface area contributed by atoms with E-state index < -0.39 is 0 Å². The van der Waals surface area contributed by atoms with Gasteiger partial charge in [0.25, 0.3) is 0 Å². The lowest BCUT2D eigenvalue weighted by Gasteiger charge is -2.04. The Balaban J connectivity index is 2.06. The van der Waals surface area contributed by atoms with Crippen LogP contribution in [-0.4, -0.2) is 11.6 Å². The Hall–Kier alpha value is -1.35. The molecule has 0 heterocycles. The molecule has 0 aliphatic heterocycles. The van der Waals surface area contributed by atoms with Crippen LogP contribution in [0.5, 0.6) is 0 Å². The van der Waals surface area contributed by atoms with Crippen LogP contribution >= 0.6 is 11.6 Å². The van der Waals surface area contributed by atoms with Gasteiger partial charge in [0, 0.05) is 10.9 Å². The van der Waals surface area contributed by atoms with Gasteiger partial charge in [-0.25, -0.2) is 5.43 Å². The van der Waals surface area contributed by atoms with Gasteiger partial charge in [0.15, 0.2) is 0 Å². The van der Waals surface area contributed by atoms with Crippen LogP contribution in [-0.2, 0) is 4.79 Å². The van der Waals surface area contributed by atoms with Crippen molar-refractivity contribution in [2.24, 2.45) is 11.0 Å². The first-order valence-electron chi connectivity index (χ1n) is 5.83. The van der Waals surface area contributed by atoms with E-state index in [0.717, 1.165) is 30.5 Å². The second-order valence-corrected chi connectivity index (χ2v) is 4.61. The number of rotatable bonds is 4. The minimum Gasteiger partial charge on any atom is -0.273 e. The lowest BCUT2D eigenvalue weighted by Crippen LogP contribution is -2.21. The first kappa shape index (κ1) is 12.1. The average Bonchev–Trinajstić information content (AvgIpc) is 3.16. The van der Waals surface area contributed by atoms with Gasteiger partial charge in [0.1, 0.15) is 0 Å². The third-order valence-electron chi connectivity index (χ3n) is 2.76. The summed E-state index contributed by atoms with van der Waals surface area (Å²) in [6.45, 7) is 2.01. The van der Waals surface area contributed by atoms with Gasteiger partial charge in [-0.3, -0.25) is 4.79 Å². The maximum Gasteiger partial charge on any atom is 0.243 e. The molecule has 0 aromatic heterocycles. The molecule has 4 heteroatoms. The fourth-order valence-corrected chi connectivity index (χ4v) is 1.68. The Morgan fingerprint density at radius 2 is 2.06 bits per heavy atom. The lowest BCUT2D eigenvalue weighted by atomic mass is 10.1. The summed E-state index contributed by atoms with van der Waals surface area (Å²) < 4.78 is 0. The Labute approximate surface area is 106 Å². The highest BCUT2D eigenvalue weighted by Crippen LogP contribution is 2.28. The number of halogens is 1. The van der Waals surface area contributed by atoms with E-state index in [-0.39, 0.29) is 11.8 Å². The van der Waals surface area contributed by atoms with Crippen LogP contribution < -0.4 is 5.43 Å². The quantitative estimate of drug-likeness (QED) is 0.648. The summed E-state index contributed by atoms with van der Waals surface area (Å²) in [5.41, 5.74) is 4.49. The smallest absolute Gasteiger partial charge is 0.243 e. The first-order valence-corrected chi connectivity index (χ1v) is 6.21. The average molecular weight is 251 g/mol. The number of hydrogen-bond donors (Lipinski definition) is 1. The zero-order chi connectivity index (χ0) is 12.3. The zero-order valence-corrected chi connectivity index (χ0v) is 10.5. The van der Waals surface area contributed by atoms with E-state index >= 15 is 0 Å². The number of nitrogens with one attached hydrogen (secondary N) is 1. The van der Waals surface area contributed by atoms with Crippen molar-refractivity contribution in [1.29, 1.82) is 0 Å². The summed E-state index contributed by atoms with van der Waals surface area (Å²) in [4.78, 5) is 11.5. The van der Waals surface area contributed by atoms with Gasteiger partial charge in [-0.1, -0.05) is 30.7 Å². The van der Waals surface area contributed by atoms with Crippen molar-refractivity contribution in [3.63, 3.8) is 0 Å². The van der Waals surface area contributed by atoms with Crippen molar-refractivity contribution in [1.82, 2.24) is 5.43 Å². The summed E-state index contributed by atoms with van der Waals surface area (Å²) in [7, 11) is 0. The predicted molar refractivity (Wildman–Crippen MR) is 69.1 cm³/mol. The van der Waals surface area contributed by atoms with Crippen LogP contribution in [0.25, 0.3) is 0 Å². The molecule has 0 atom stereocenters. The van der Waals surface area contributed by atoms with Gasteiger partial charge in [0.2, 0.25) is 5.91 Å². The van der Waals surface area contributed by atoms with Crippen LogP contribution in [0.1, 0.15) is 31.7 Å². The van der Waals surface area contributed by atoms with Crippen LogP contribution in [0, 0.1) is 5.92 Å². The van der Waals surface area contributed by atoms with E-state index in [2.05, 4.69) is 10.5 Å². The summed E-state index contributed by atoms with van der Waals surface area (Å²) in [5.74, 6) is 0.215. The van der Waals surface area contributed by atoms with E-state index in [4.69, 9.17) is 11.6 Å². The second-order valence-electron chi connectivity index (χ2n) is 4.17. The monoisotopic (exact) mass is 250 g/mol. The molecule has 1 N–H and O–H groups in total. The second kappa shape index (κ2) is 5.32. The molecule has 0 radical (unpaired) electrons. The maximum atomic E-state index is 11.5. The first-order chi connectivity index (χ1) is 8.20. The minimum absolute atomic E-state index is 0.0323. The fraction of sp³-hybridized carbons (Fsp3) is 0.385. The van der Waals surface area contributed by atoms with Crippen LogP contribution in [0.2, 0.25) is 5.02 Å². The molecular weight excluding hydrogens is 236 g/mol. The molecule has 0 saturated heterocycles. The highest BCUT2D eigenvalue weighted by Gasteiger charge is 2.29. The topological polar surface area (TPSA) is 41.5 Å². The van der Waals surface area contributed by atoms with Crippen molar-refractivity contribution < 1.29 is 4.79 Å². The normalized spacial score (nSPS) is 15.8. The molecule has 1 aliphatic rings. The third-order valence-corrected chi connectivity index (χ3v) is 3.01. The highest BCUT2D eigenvalue weighted by molar-refractivity contribution is 6.30. The molecule has 90 valence electrons. The van der Waals surface area contributed by atoms with Crippen LogP contribution in [0.15, 0.2) is 29.4 Å². The van der Waals surface area contributed by atoms with Gasteiger partial charge < -0.3 is 0 Å². The number of carbonyl (C=O) groups excluding carboxylic acids is 1. The highest BCUT2D eigenvalue weighted by atomic mass is 35.5. The van der Waals surface area contributed by atoms with E-state index in [1.165, 1.54) is 0 Å². The Morgan fingerprint density at radius 3 is 2.59 bits per heavy atom. The number of hydrazone groups is 1. The predicted octanol–water partition coefficient (Wildman–Crippen LogP) is 2.98. The SMILES string of the molecule is CC/C(=N/NC(=O)C1CC1)c1ccc(Cl)cc1. The summed E-state index contributed by atoms with van der Waals surface area (Å²) in [5, 5.41) is 4.88. The maximum absolute atomic E-state index is 11.5. The Bertz CT molecular complexity index is 435. The van der Waals surface area contributed by atoms with E-state index in [9.17, 15) is 4.79 Å². The molecule has 0 unspecified atom stereocenters. The number of hydrogen-bond acceptors (Lipinski definition) is 2. The van der Waals surface area contributed by atoms with Gasteiger partial charge in [-0.2, -0.15) is 5.10 Å². The molecule has 1 amide bonds. The lowest BCUT2D eigenvalue weighted by molar-refractivity contribution is -0.122. The van der Waals surface area contributed by atoms with Crippen molar-refractivity contribution in [3.05, 3.63) is 34.9 Å². The molecule has 1 aromatic carbocycles. The molecule has 17 heavy (non-hydrogen) atoms. The number of benzene rings is 1. The van der Waals surface area contributed by atoms with E-state index in [0.29, 0.717) is 5.02 Å². The fourth-order valence-electron chi connectivity index (χ4n) is 1.55. The molecule has 3 nitrogen and oxygen atoms in total. The molecule has 1 fully saturated rings. The Morgan fingerprint density at radius 1 is 1.41 bits per heavy atom. The Kier molecular flexibility index (Phi) is 3.79. The van der Waals surface area contributed by atoms with Crippen molar-refractivity contribution >= 4 is 23.2 Å². The standard InChI is InChI=1S/C13H15ClN2O/c1-2-12(9-5-7-11(14)8-6-9)15-16-13(17)10-3-4-10/h5-8,10H,2-4H2,1H3,(H,16,17)/b15-12-. The molecule has 1 aromatic rings. The van der Waals surface area contributed by atoms with Gasteiger partial charge in [-0.05, 0) is 37.0 Å². The summed E-state index contributed by atoms with van der Waals surface area (Å²) in [6.07, 6.45) is 2.75. The molecule has 1 saturated carbocycles. The molecule has 1 aliphatic carbocycles. The van der Waals surface area contributed by atoms with Gasteiger partial charge in [-0.15, -0.1) is 0 Å². The third kappa shape index (κ3) is 3.30. The van der Waals surface area contributed by atoms with Gasteiger partial charge in [0.05, 0.1) is 5.71 Å². The summed E-state index contributed by atoms with van der Waals surface area (Å²) >= 11 is 5.83. The largest absolute Gasteiger partial charge is 0.273 e. The van der Waals surface area contributed by atoms with Crippen LogP contribution in [0.4, 0.5) is 0 Å². The van der Waals surface area contributed by atoms with E-state index in [1.54, 1.807) is 0 Å². The van der Waals surface area contributed by atoms with E-state index in [1.807, 2.05) is 31.2 Å². The van der Waals surface area contributed by atoms with Crippen molar-refractivity contribution in [2.45, 2.75) is 26.2 Å². The number of carbonyl (C=O) groups is 1. The molecular formula is C13H15ClN2O. The minimum atomic E-state index is 0.0323. The molecule has 0 bridgehead atoms. The van der Waals surface area contributed by atoms with Gasteiger partial charge >= 0.3 is 0 Å². The summed E-state index contributed by atoms with van der Waals surface area (Å²) in [6, 6.07) is 7.47. The van der Waals surface area contributed by atoms with Crippen molar-refractivity contribution in [2.75, 3.05) is 0 Å².